The summed E-state index contributed by atoms with van der Waals surface area (Å²) in [4.78, 5) is 29.7. The van der Waals surface area contributed by atoms with Crippen LogP contribution in [0.1, 0.15) is 37.5 Å². The molecular weight excluding hydrogens is 641 g/mol. The number of carbonyl (C=O) groups excluding carboxylic acids is 2. The molecule has 0 aliphatic carbocycles. The molecule has 0 bridgehead atoms. The van der Waals surface area contributed by atoms with Crippen molar-refractivity contribution < 1.29 is 27.1 Å². The van der Waals surface area contributed by atoms with Crippen LogP contribution in [0, 0.1) is 12.7 Å². The van der Waals surface area contributed by atoms with E-state index in [0.717, 1.165) is 15.4 Å². The zero-order chi connectivity index (χ0) is 34.4. The number of nitrogens with one attached hydrogen (secondary N) is 1. The SMILES string of the molecule is COc1ccc(N(CC(=O)N(Cc2ccccc2F)[C@@H](Cc2ccccc2)C(=O)NC(C)(C)C)S(=O)(=O)c2ccc(C)cc2)cc1Cl. The molecule has 4 aromatic carbocycles. The number of hydrogen-bond acceptors (Lipinski definition) is 5. The summed E-state index contributed by atoms with van der Waals surface area (Å²) in [5.41, 5.74) is 1.24. The number of hydrogen-bond donors (Lipinski definition) is 1. The van der Waals surface area contributed by atoms with Crippen LogP contribution >= 0.6 is 11.6 Å². The number of amides is 2. The van der Waals surface area contributed by atoms with Crippen molar-refractivity contribution in [1.29, 1.82) is 0 Å². The molecule has 0 aromatic heterocycles. The van der Waals surface area contributed by atoms with Crippen LogP contribution in [-0.2, 0) is 32.6 Å². The lowest BCUT2D eigenvalue weighted by Crippen LogP contribution is -2.56. The van der Waals surface area contributed by atoms with E-state index in [1.807, 2.05) is 58.0 Å². The number of anilines is 1. The second kappa shape index (κ2) is 15.0. The molecule has 0 heterocycles. The predicted octanol–water partition coefficient (Wildman–Crippen LogP) is 6.55. The van der Waals surface area contributed by atoms with Crippen molar-refractivity contribution in [3.05, 3.63) is 125 Å². The van der Waals surface area contributed by atoms with Gasteiger partial charge in [0.05, 0.1) is 22.7 Å². The Morgan fingerprint density at radius 1 is 0.936 bits per heavy atom. The fraction of sp³-hybridized carbons (Fsp3) is 0.278. The largest absolute Gasteiger partial charge is 0.495 e. The van der Waals surface area contributed by atoms with Crippen molar-refractivity contribution in [2.24, 2.45) is 0 Å². The summed E-state index contributed by atoms with van der Waals surface area (Å²) in [6, 6.07) is 24.6. The van der Waals surface area contributed by atoms with Crippen LogP contribution in [0.2, 0.25) is 5.02 Å². The van der Waals surface area contributed by atoms with Crippen molar-refractivity contribution in [2.75, 3.05) is 18.0 Å². The molecule has 4 aromatic rings. The Morgan fingerprint density at radius 3 is 2.17 bits per heavy atom. The third-order valence-electron chi connectivity index (χ3n) is 7.38. The van der Waals surface area contributed by atoms with E-state index >= 15 is 4.39 Å². The van der Waals surface area contributed by atoms with Crippen molar-refractivity contribution >= 4 is 39.1 Å². The van der Waals surface area contributed by atoms with Gasteiger partial charge in [-0.1, -0.05) is 77.8 Å². The molecule has 4 rings (SSSR count). The minimum atomic E-state index is -4.34. The first-order valence-corrected chi connectivity index (χ1v) is 16.8. The third kappa shape index (κ3) is 9.11. The molecule has 0 aliphatic rings. The molecule has 2 amide bonds. The second-order valence-electron chi connectivity index (χ2n) is 12.2. The summed E-state index contributed by atoms with van der Waals surface area (Å²) in [6.07, 6.45) is 0.0992. The maximum atomic E-state index is 15.1. The van der Waals surface area contributed by atoms with Crippen molar-refractivity contribution in [2.45, 2.75) is 57.1 Å². The van der Waals surface area contributed by atoms with Crippen LogP contribution in [0.4, 0.5) is 10.1 Å². The summed E-state index contributed by atoms with van der Waals surface area (Å²) in [5, 5.41) is 3.09. The monoisotopic (exact) mass is 679 g/mol. The molecule has 8 nitrogen and oxygen atoms in total. The molecule has 0 fully saturated rings. The van der Waals surface area contributed by atoms with E-state index in [-0.39, 0.29) is 34.1 Å². The second-order valence-corrected chi connectivity index (χ2v) is 14.5. The average Bonchev–Trinajstić information content (AvgIpc) is 3.02. The maximum absolute atomic E-state index is 15.1. The summed E-state index contributed by atoms with van der Waals surface area (Å²) in [7, 11) is -2.91. The molecule has 1 N–H and O–H groups in total. The lowest BCUT2D eigenvalue weighted by atomic mass is 10.0. The van der Waals surface area contributed by atoms with Crippen molar-refractivity contribution in [3.63, 3.8) is 0 Å². The highest BCUT2D eigenvalue weighted by Crippen LogP contribution is 2.32. The van der Waals surface area contributed by atoms with Gasteiger partial charge >= 0.3 is 0 Å². The fourth-order valence-corrected chi connectivity index (χ4v) is 6.65. The van der Waals surface area contributed by atoms with E-state index in [1.54, 1.807) is 18.2 Å². The number of rotatable bonds is 12. The molecule has 11 heteroatoms. The minimum Gasteiger partial charge on any atom is -0.495 e. The number of sulfonamides is 1. The number of ether oxygens (including phenoxy) is 1. The van der Waals surface area contributed by atoms with Crippen LogP contribution in [0.5, 0.6) is 5.75 Å². The van der Waals surface area contributed by atoms with Crippen molar-refractivity contribution in [3.8, 4) is 5.75 Å². The maximum Gasteiger partial charge on any atom is 0.264 e. The Bertz CT molecular complexity index is 1810. The van der Waals surface area contributed by atoms with E-state index in [4.69, 9.17) is 16.3 Å². The first-order chi connectivity index (χ1) is 22.2. The Balaban J connectivity index is 1.85. The fourth-order valence-electron chi connectivity index (χ4n) is 4.99. The van der Waals surface area contributed by atoms with Gasteiger partial charge in [-0.15, -0.1) is 0 Å². The molecule has 1 atom stereocenters. The lowest BCUT2D eigenvalue weighted by Gasteiger charge is -2.35. The van der Waals surface area contributed by atoms with Crippen LogP contribution < -0.4 is 14.4 Å². The minimum absolute atomic E-state index is 0.0465. The zero-order valence-corrected chi connectivity index (χ0v) is 28.6. The van der Waals surface area contributed by atoms with Gasteiger partial charge in [0.1, 0.15) is 24.2 Å². The number of benzene rings is 4. The van der Waals surface area contributed by atoms with Gasteiger partial charge in [0.2, 0.25) is 11.8 Å². The molecule has 0 saturated carbocycles. The lowest BCUT2D eigenvalue weighted by molar-refractivity contribution is -0.140. The van der Waals surface area contributed by atoms with Gasteiger partial charge in [-0.2, -0.15) is 0 Å². The van der Waals surface area contributed by atoms with E-state index in [9.17, 15) is 18.0 Å². The highest BCUT2D eigenvalue weighted by molar-refractivity contribution is 7.92. The van der Waals surface area contributed by atoms with Gasteiger partial charge in [-0.3, -0.25) is 13.9 Å². The Morgan fingerprint density at radius 2 is 1.57 bits per heavy atom. The number of carbonyl (C=O) groups is 2. The van der Waals surface area contributed by atoms with E-state index in [2.05, 4.69) is 5.32 Å². The summed E-state index contributed by atoms with van der Waals surface area (Å²) >= 11 is 6.42. The molecule has 248 valence electrons. The van der Waals surface area contributed by atoms with E-state index in [1.165, 1.54) is 60.5 Å². The topological polar surface area (TPSA) is 96.0 Å². The summed E-state index contributed by atoms with van der Waals surface area (Å²) in [6.45, 7) is 6.28. The Kier molecular flexibility index (Phi) is 11.3. The quantitative estimate of drug-likeness (QED) is 0.183. The number of nitrogens with zero attached hydrogens (tertiary/aromatic N) is 2. The summed E-state index contributed by atoms with van der Waals surface area (Å²) < 4.78 is 49.7. The standard InChI is InChI=1S/C36H39ClFN3O5S/c1-25-15-18-29(19-16-25)47(44,45)41(28-17-20-33(46-5)30(37)22-28)24-34(42)40(23-27-13-9-10-14-31(27)38)32(35(43)39-36(2,3)4)21-26-11-7-6-8-12-26/h6-20,22,32H,21,23-24H2,1-5H3,(H,39,43)/t32-/m0/s1. The molecule has 0 unspecified atom stereocenters. The highest BCUT2D eigenvalue weighted by atomic mass is 35.5. The Hall–Kier alpha value is -4.41. The Labute approximate surface area is 281 Å². The smallest absolute Gasteiger partial charge is 0.264 e. The van der Waals surface area contributed by atoms with E-state index < -0.39 is 45.8 Å². The van der Waals surface area contributed by atoms with E-state index in [0.29, 0.717) is 5.75 Å². The van der Waals surface area contributed by atoms with Gasteiger partial charge in [0, 0.05) is 24.1 Å². The normalized spacial score (nSPS) is 12.2. The molecule has 0 aliphatic heterocycles. The first-order valence-electron chi connectivity index (χ1n) is 15.0. The number of aryl methyl sites for hydroxylation is 1. The van der Waals surface area contributed by atoms with Crippen LogP contribution in [-0.4, -0.2) is 50.4 Å². The molecule has 0 radical (unpaired) electrons. The summed E-state index contributed by atoms with van der Waals surface area (Å²) in [5.74, 6) is -1.43. The molecule has 47 heavy (non-hydrogen) atoms. The molecule has 0 saturated heterocycles. The third-order valence-corrected chi connectivity index (χ3v) is 9.46. The van der Waals surface area contributed by atoms with Gasteiger partial charge in [-0.05, 0) is 69.7 Å². The van der Waals surface area contributed by atoms with Crippen LogP contribution in [0.15, 0.2) is 102 Å². The average molecular weight is 680 g/mol. The molecule has 0 spiro atoms. The zero-order valence-electron chi connectivity index (χ0n) is 27.0. The van der Waals surface area contributed by atoms with Gasteiger partial charge < -0.3 is 15.0 Å². The number of halogens is 2. The van der Waals surface area contributed by atoms with Crippen molar-refractivity contribution in [1.82, 2.24) is 10.2 Å². The van der Waals surface area contributed by atoms with Gasteiger partial charge in [0.15, 0.2) is 0 Å². The van der Waals surface area contributed by atoms with Crippen LogP contribution in [0.25, 0.3) is 0 Å². The first kappa shape index (κ1) is 35.4. The molecular formula is C36H39ClFN3O5S. The van der Waals surface area contributed by atoms with Crippen LogP contribution in [0.3, 0.4) is 0 Å². The number of methoxy groups -OCH3 is 1. The van der Waals surface area contributed by atoms with Gasteiger partial charge in [0.25, 0.3) is 10.0 Å². The highest BCUT2D eigenvalue weighted by Gasteiger charge is 2.36. The van der Waals surface area contributed by atoms with Gasteiger partial charge in [-0.25, -0.2) is 12.8 Å². The predicted molar refractivity (Wildman–Crippen MR) is 182 cm³/mol.